The minimum absolute atomic E-state index is 0.193. The quantitative estimate of drug-likeness (QED) is 0.283. The predicted octanol–water partition coefficient (Wildman–Crippen LogP) is 4.21. The number of hydrogen-bond donors (Lipinski definition) is 0. The van der Waals surface area contributed by atoms with E-state index in [-0.39, 0.29) is 13.2 Å². The monoisotopic (exact) mass is 384 g/mol. The normalized spacial score (nSPS) is 23.7. The van der Waals surface area contributed by atoms with Crippen LogP contribution in [0.1, 0.15) is 41.5 Å². The molecule has 1 heterocycles. The summed E-state index contributed by atoms with van der Waals surface area (Å²) in [5, 5.41) is 7.69. The van der Waals surface area contributed by atoms with Gasteiger partial charge in [-0.05, 0) is 36.7 Å². The van der Waals surface area contributed by atoms with E-state index in [0.717, 1.165) is 0 Å². The van der Waals surface area contributed by atoms with Crippen molar-refractivity contribution in [3.63, 3.8) is 0 Å². The van der Waals surface area contributed by atoms with Gasteiger partial charge in [-0.25, -0.2) is 0 Å². The molecule has 0 N–H and O–H groups in total. The van der Waals surface area contributed by atoms with E-state index in [1.165, 1.54) is 0 Å². The lowest BCUT2D eigenvalue weighted by Crippen LogP contribution is -2.44. The Morgan fingerprint density at radius 2 is 1.19 bits per heavy atom. The average molecular weight is 384 g/mol. The van der Waals surface area contributed by atoms with Crippen molar-refractivity contribution in [3.8, 4) is 0 Å². The van der Waals surface area contributed by atoms with Gasteiger partial charge < -0.3 is 18.9 Å². The van der Waals surface area contributed by atoms with Crippen LogP contribution in [0.4, 0.5) is 0 Å². The number of azide groups is 2. The fourth-order valence-corrected chi connectivity index (χ4v) is 2.78. The predicted molar refractivity (Wildman–Crippen MR) is 101 cm³/mol. The molecule has 0 aromatic carbocycles. The Balaban J connectivity index is 2.96. The summed E-state index contributed by atoms with van der Waals surface area (Å²) in [5.41, 5.74) is 17.9. The SMILES string of the molecule is CC(C)COC[C@H](N=[N+]=[N-])[C@H]1OC(C)(C)O[C@@H]1[C@H](COCC(C)C)N=[N+]=[N-]. The zero-order chi connectivity index (χ0) is 20.4. The van der Waals surface area contributed by atoms with Crippen molar-refractivity contribution in [2.24, 2.45) is 22.1 Å². The van der Waals surface area contributed by atoms with E-state index in [4.69, 9.17) is 30.0 Å². The smallest absolute Gasteiger partial charge is 0.163 e. The third-order valence-corrected chi connectivity index (χ3v) is 3.80. The Morgan fingerprint density at radius 1 is 0.815 bits per heavy atom. The summed E-state index contributed by atoms with van der Waals surface area (Å²) in [6.07, 6.45) is -1.22. The van der Waals surface area contributed by atoms with Crippen LogP contribution < -0.4 is 0 Å². The van der Waals surface area contributed by atoms with E-state index >= 15 is 0 Å². The van der Waals surface area contributed by atoms with Gasteiger partial charge in [-0.15, -0.1) is 0 Å². The number of ether oxygens (including phenoxy) is 4. The van der Waals surface area contributed by atoms with Crippen molar-refractivity contribution in [1.82, 2.24) is 0 Å². The van der Waals surface area contributed by atoms with Gasteiger partial charge in [0.25, 0.3) is 0 Å². The number of hydrogen-bond acceptors (Lipinski definition) is 6. The average Bonchev–Trinajstić information content (AvgIpc) is 2.88. The fraction of sp³-hybridized carbons (Fsp3) is 1.00. The maximum Gasteiger partial charge on any atom is 0.163 e. The second kappa shape index (κ2) is 11.3. The molecule has 154 valence electrons. The Bertz CT molecular complexity index is 498. The van der Waals surface area contributed by atoms with Crippen molar-refractivity contribution in [3.05, 3.63) is 20.9 Å². The summed E-state index contributed by atoms with van der Waals surface area (Å²) in [7, 11) is 0. The van der Waals surface area contributed by atoms with Gasteiger partial charge in [0.05, 0.1) is 37.5 Å². The molecule has 1 aliphatic heterocycles. The molecule has 0 amide bonds. The van der Waals surface area contributed by atoms with Crippen LogP contribution in [0.15, 0.2) is 10.2 Å². The van der Waals surface area contributed by atoms with Gasteiger partial charge in [0, 0.05) is 23.0 Å². The molecule has 0 spiro atoms. The van der Waals surface area contributed by atoms with Crippen molar-refractivity contribution in [2.75, 3.05) is 26.4 Å². The van der Waals surface area contributed by atoms with Gasteiger partial charge in [-0.3, -0.25) is 0 Å². The van der Waals surface area contributed by atoms with Crippen LogP contribution in [0, 0.1) is 11.8 Å². The largest absolute Gasteiger partial charge is 0.381 e. The first kappa shape index (κ1) is 23.5. The second-order valence-corrected chi connectivity index (χ2v) is 7.97. The summed E-state index contributed by atoms with van der Waals surface area (Å²) in [5.74, 6) is -0.201. The van der Waals surface area contributed by atoms with Gasteiger partial charge in [0.2, 0.25) is 0 Å². The van der Waals surface area contributed by atoms with Crippen LogP contribution >= 0.6 is 0 Å². The maximum atomic E-state index is 8.97. The molecule has 27 heavy (non-hydrogen) atoms. The third kappa shape index (κ3) is 8.34. The maximum absolute atomic E-state index is 8.97. The lowest BCUT2D eigenvalue weighted by Gasteiger charge is -2.27. The van der Waals surface area contributed by atoms with E-state index < -0.39 is 30.1 Å². The third-order valence-electron chi connectivity index (χ3n) is 3.80. The summed E-state index contributed by atoms with van der Waals surface area (Å²) in [6, 6.07) is -1.22. The molecule has 0 aliphatic carbocycles. The molecule has 0 aromatic rings. The van der Waals surface area contributed by atoms with Crippen LogP contribution in [0.25, 0.3) is 20.9 Å². The minimum atomic E-state index is -0.905. The Kier molecular flexibility index (Phi) is 9.87. The highest BCUT2D eigenvalue weighted by Gasteiger charge is 2.48. The summed E-state index contributed by atoms with van der Waals surface area (Å²) in [6.45, 7) is 13.1. The Labute approximate surface area is 160 Å². The first-order valence-electron chi connectivity index (χ1n) is 9.29. The van der Waals surface area contributed by atoms with E-state index in [0.29, 0.717) is 25.0 Å². The lowest BCUT2D eigenvalue weighted by molar-refractivity contribution is -0.151. The molecule has 1 rings (SSSR count). The number of rotatable bonds is 12. The van der Waals surface area contributed by atoms with Gasteiger partial charge in [-0.1, -0.05) is 37.9 Å². The summed E-state index contributed by atoms with van der Waals surface area (Å²) >= 11 is 0. The molecule has 0 bridgehead atoms. The molecule has 4 atom stereocenters. The zero-order valence-corrected chi connectivity index (χ0v) is 17.1. The van der Waals surface area contributed by atoms with E-state index in [1.807, 2.05) is 27.7 Å². The molecular weight excluding hydrogens is 352 g/mol. The minimum Gasteiger partial charge on any atom is -0.381 e. The standard InChI is InChI=1S/C17H32N6O4/c1-11(2)7-24-9-13(20-22-18)15-16(27-17(5,6)26-15)14(21-23-19)10-25-8-12(3)4/h11-16H,7-10H2,1-6H3/t13-,14-,15+,16+/m0/s1. The van der Waals surface area contributed by atoms with Crippen molar-refractivity contribution in [1.29, 1.82) is 0 Å². The first-order chi connectivity index (χ1) is 12.7. The lowest BCUT2D eigenvalue weighted by atomic mass is 10.0. The molecule has 0 radical (unpaired) electrons. The molecule has 1 aliphatic rings. The molecular formula is C17H32N6O4. The highest BCUT2D eigenvalue weighted by atomic mass is 16.8. The summed E-state index contributed by atoms with van der Waals surface area (Å²) in [4.78, 5) is 5.85. The molecule has 10 nitrogen and oxygen atoms in total. The van der Waals surface area contributed by atoms with Crippen LogP contribution in [0.3, 0.4) is 0 Å². The Hall–Kier alpha value is -1.54. The van der Waals surface area contributed by atoms with Gasteiger partial charge in [-0.2, -0.15) is 0 Å². The van der Waals surface area contributed by atoms with Crippen molar-refractivity contribution in [2.45, 2.75) is 71.6 Å². The van der Waals surface area contributed by atoms with E-state index in [1.54, 1.807) is 13.8 Å². The molecule has 0 saturated carbocycles. The second-order valence-electron chi connectivity index (χ2n) is 7.97. The van der Waals surface area contributed by atoms with Crippen LogP contribution in [-0.4, -0.2) is 56.5 Å². The molecule has 0 aromatic heterocycles. The van der Waals surface area contributed by atoms with Crippen molar-refractivity contribution >= 4 is 0 Å². The van der Waals surface area contributed by atoms with E-state index in [2.05, 4.69) is 20.1 Å². The highest BCUT2D eigenvalue weighted by Crippen LogP contribution is 2.34. The highest BCUT2D eigenvalue weighted by molar-refractivity contribution is 4.97. The van der Waals surface area contributed by atoms with Crippen LogP contribution in [-0.2, 0) is 18.9 Å². The van der Waals surface area contributed by atoms with Gasteiger partial charge >= 0.3 is 0 Å². The summed E-state index contributed by atoms with van der Waals surface area (Å²) < 4.78 is 23.3. The zero-order valence-electron chi connectivity index (χ0n) is 17.1. The molecule has 1 saturated heterocycles. The molecule has 1 fully saturated rings. The van der Waals surface area contributed by atoms with Crippen LogP contribution in [0.2, 0.25) is 0 Å². The Morgan fingerprint density at radius 3 is 1.48 bits per heavy atom. The van der Waals surface area contributed by atoms with Gasteiger partial charge in [0.1, 0.15) is 0 Å². The number of nitrogens with zero attached hydrogens (tertiary/aromatic N) is 6. The topological polar surface area (TPSA) is 134 Å². The van der Waals surface area contributed by atoms with Crippen molar-refractivity contribution < 1.29 is 18.9 Å². The molecule has 0 unspecified atom stereocenters. The van der Waals surface area contributed by atoms with Gasteiger partial charge in [0.15, 0.2) is 5.79 Å². The van der Waals surface area contributed by atoms with Crippen LogP contribution in [0.5, 0.6) is 0 Å². The first-order valence-corrected chi connectivity index (χ1v) is 9.29. The van der Waals surface area contributed by atoms with E-state index in [9.17, 15) is 0 Å². The fourth-order valence-electron chi connectivity index (χ4n) is 2.78. The molecule has 10 heteroatoms.